The van der Waals surface area contributed by atoms with Gasteiger partial charge < -0.3 is 5.73 Å². The zero-order valence-electron chi connectivity index (χ0n) is 7.70. The van der Waals surface area contributed by atoms with Gasteiger partial charge in [0.25, 0.3) is 0 Å². The summed E-state index contributed by atoms with van der Waals surface area (Å²) in [6.45, 7) is 0. The Morgan fingerprint density at radius 3 is 2.53 bits per heavy atom. The Balaban J connectivity index is 0.00000112. The molecule has 0 aliphatic rings. The molecular formula is C8H8Cl3N3S. The van der Waals surface area contributed by atoms with E-state index in [1.165, 1.54) is 11.3 Å². The number of anilines is 1. The first-order valence-electron chi connectivity index (χ1n) is 3.82. The number of thiophene rings is 1. The molecule has 0 unspecified atom stereocenters. The smallest absolute Gasteiger partial charge is 0.104 e. The van der Waals surface area contributed by atoms with Crippen molar-refractivity contribution < 1.29 is 0 Å². The van der Waals surface area contributed by atoms with Crippen LogP contribution in [0.2, 0.25) is 9.36 Å². The molecule has 0 saturated carbocycles. The molecule has 0 bridgehead atoms. The molecule has 0 aromatic carbocycles. The van der Waals surface area contributed by atoms with Crippen LogP contribution in [0.4, 0.5) is 5.00 Å². The van der Waals surface area contributed by atoms with Gasteiger partial charge in [0.05, 0.1) is 21.9 Å². The van der Waals surface area contributed by atoms with Crippen LogP contribution in [0.25, 0.3) is 11.3 Å². The van der Waals surface area contributed by atoms with Crippen molar-refractivity contribution in [2.24, 2.45) is 7.05 Å². The predicted octanol–water partition coefficient (Wildman–Crippen LogP) is 3.46. The third-order valence-electron chi connectivity index (χ3n) is 1.86. The van der Waals surface area contributed by atoms with E-state index in [2.05, 4.69) is 5.10 Å². The SMILES string of the molecule is Cl.Cn1ncc(Cl)c1-c1cc(N)sc1Cl. The Bertz CT molecular complexity index is 458. The lowest BCUT2D eigenvalue weighted by molar-refractivity contribution is 0.776. The maximum absolute atomic E-state index is 6.02. The number of halogens is 3. The second-order valence-electron chi connectivity index (χ2n) is 2.80. The van der Waals surface area contributed by atoms with Crippen molar-refractivity contribution >= 4 is 51.9 Å². The van der Waals surface area contributed by atoms with Gasteiger partial charge in [-0.1, -0.05) is 23.2 Å². The molecule has 0 radical (unpaired) electrons. The van der Waals surface area contributed by atoms with Gasteiger partial charge in [0.2, 0.25) is 0 Å². The molecule has 15 heavy (non-hydrogen) atoms. The van der Waals surface area contributed by atoms with Gasteiger partial charge in [-0.2, -0.15) is 5.10 Å². The van der Waals surface area contributed by atoms with Gasteiger partial charge in [0.15, 0.2) is 0 Å². The maximum Gasteiger partial charge on any atom is 0.104 e. The molecule has 0 amide bonds. The fraction of sp³-hybridized carbons (Fsp3) is 0.125. The first-order valence-corrected chi connectivity index (χ1v) is 5.39. The molecule has 3 nitrogen and oxygen atoms in total. The minimum atomic E-state index is 0. The van der Waals surface area contributed by atoms with Gasteiger partial charge in [0, 0.05) is 12.6 Å². The molecular weight excluding hydrogens is 277 g/mol. The highest BCUT2D eigenvalue weighted by Gasteiger charge is 2.14. The van der Waals surface area contributed by atoms with Crippen LogP contribution in [0, 0.1) is 0 Å². The summed E-state index contributed by atoms with van der Waals surface area (Å²) >= 11 is 13.3. The Hall–Kier alpha value is -0.420. The van der Waals surface area contributed by atoms with E-state index >= 15 is 0 Å². The van der Waals surface area contributed by atoms with Crippen molar-refractivity contribution in [3.05, 3.63) is 21.6 Å². The molecule has 2 N–H and O–H groups in total. The Labute approximate surface area is 107 Å². The second kappa shape index (κ2) is 4.61. The van der Waals surface area contributed by atoms with Crippen molar-refractivity contribution in [2.45, 2.75) is 0 Å². The lowest BCUT2D eigenvalue weighted by Gasteiger charge is -1.99. The minimum absolute atomic E-state index is 0. The lowest BCUT2D eigenvalue weighted by atomic mass is 10.2. The number of nitrogens with two attached hydrogens (primary N) is 1. The lowest BCUT2D eigenvalue weighted by Crippen LogP contribution is -1.92. The molecule has 2 aromatic rings. The predicted molar refractivity (Wildman–Crippen MR) is 68.2 cm³/mol. The highest BCUT2D eigenvalue weighted by atomic mass is 35.5. The summed E-state index contributed by atoms with van der Waals surface area (Å²) < 4.78 is 2.31. The molecule has 82 valence electrons. The van der Waals surface area contributed by atoms with Crippen molar-refractivity contribution in [1.82, 2.24) is 9.78 Å². The third-order valence-corrected chi connectivity index (χ3v) is 3.32. The van der Waals surface area contributed by atoms with E-state index in [1.54, 1.807) is 16.9 Å². The van der Waals surface area contributed by atoms with E-state index in [0.29, 0.717) is 14.4 Å². The topological polar surface area (TPSA) is 43.8 Å². The van der Waals surface area contributed by atoms with Gasteiger partial charge in [-0.05, 0) is 6.07 Å². The van der Waals surface area contributed by atoms with Crippen LogP contribution in [-0.4, -0.2) is 9.78 Å². The quantitative estimate of drug-likeness (QED) is 0.871. The van der Waals surface area contributed by atoms with Crippen molar-refractivity contribution in [2.75, 3.05) is 5.73 Å². The number of rotatable bonds is 1. The molecule has 0 fully saturated rings. The molecule has 0 aliphatic carbocycles. The van der Waals surface area contributed by atoms with Gasteiger partial charge >= 0.3 is 0 Å². The maximum atomic E-state index is 6.02. The standard InChI is InChI=1S/C8H7Cl2N3S.ClH/c1-13-7(5(9)3-12-13)4-2-6(11)14-8(4)10;/h2-3H,11H2,1H3;1H. The molecule has 2 aromatic heterocycles. The first kappa shape index (κ1) is 12.6. The third kappa shape index (κ3) is 2.23. The summed E-state index contributed by atoms with van der Waals surface area (Å²) in [6, 6.07) is 1.80. The highest BCUT2D eigenvalue weighted by molar-refractivity contribution is 7.20. The van der Waals surface area contributed by atoms with Gasteiger partial charge in [-0.3, -0.25) is 4.68 Å². The van der Waals surface area contributed by atoms with Crippen LogP contribution < -0.4 is 5.73 Å². The monoisotopic (exact) mass is 283 g/mol. The van der Waals surface area contributed by atoms with Crippen molar-refractivity contribution in [3.8, 4) is 11.3 Å². The van der Waals surface area contributed by atoms with Crippen LogP contribution in [0.3, 0.4) is 0 Å². The summed E-state index contributed by atoms with van der Waals surface area (Å²) in [4.78, 5) is 0. The van der Waals surface area contributed by atoms with Gasteiger partial charge in [-0.15, -0.1) is 23.7 Å². The number of hydrogen-bond acceptors (Lipinski definition) is 3. The van der Waals surface area contributed by atoms with Gasteiger partial charge in [-0.25, -0.2) is 0 Å². The van der Waals surface area contributed by atoms with Gasteiger partial charge in [0.1, 0.15) is 4.34 Å². The van der Waals surface area contributed by atoms with E-state index < -0.39 is 0 Å². The molecule has 2 heterocycles. The average molecular weight is 285 g/mol. The summed E-state index contributed by atoms with van der Waals surface area (Å²) in [7, 11) is 1.81. The van der Waals surface area contributed by atoms with Crippen LogP contribution >= 0.6 is 46.9 Å². The van der Waals surface area contributed by atoms with Crippen LogP contribution in [0.5, 0.6) is 0 Å². The minimum Gasteiger partial charge on any atom is -0.391 e. The van der Waals surface area contributed by atoms with Crippen LogP contribution in [-0.2, 0) is 7.05 Å². The average Bonchev–Trinajstić information content (AvgIpc) is 2.57. The molecule has 2 rings (SSSR count). The zero-order chi connectivity index (χ0) is 10.3. The van der Waals surface area contributed by atoms with E-state index in [4.69, 9.17) is 28.9 Å². The normalized spacial score (nSPS) is 10.1. The van der Waals surface area contributed by atoms with E-state index in [0.717, 1.165) is 11.3 Å². The van der Waals surface area contributed by atoms with Crippen LogP contribution in [0.1, 0.15) is 0 Å². The Morgan fingerprint density at radius 1 is 1.47 bits per heavy atom. The van der Waals surface area contributed by atoms with Crippen molar-refractivity contribution in [1.29, 1.82) is 0 Å². The van der Waals surface area contributed by atoms with E-state index in [9.17, 15) is 0 Å². The zero-order valence-corrected chi connectivity index (χ0v) is 10.8. The molecule has 0 saturated heterocycles. The number of nitrogen functional groups attached to an aromatic ring is 1. The number of aryl methyl sites for hydroxylation is 1. The Kier molecular flexibility index (Phi) is 3.89. The summed E-state index contributed by atoms with van der Waals surface area (Å²) in [5, 5.41) is 5.28. The Morgan fingerprint density at radius 2 is 2.13 bits per heavy atom. The largest absolute Gasteiger partial charge is 0.391 e. The fourth-order valence-electron chi connectivity index (χ4n) is 1.26. The molecule has 0 atom stereocenters. The number of aromatic nitrogens is 2. The molecule has 0 spiro atoms. The first-order chi connectivity index (χ1) is 6.59. The summed E-state index contributed by atoms with van der Waals surface area (Å²) in [6.07, 6.45) is 1.58. The molecule has 7 heteroatoms. The van der Waals surface area contributed by atoms with Crippen LogP contribution in [0.15, 0.2) is 12.3 Å². The van der Waals surface area contributed by atoms with Crippen molar-refractivity contribution in [3.63, 3.8) is 0 Å². The van der Waals surface area contributed by atoms with E-state index in [1.807, 2.05) is 7.05 Å². The van der Waals surface area contributed by atoms with E-state index in [-0.39, 0.29) is 12.4 Å². The number of hydrogen-bond donors (Lipinski definition) is 1. The highest BCUT2D eigenvalue weighted by Crippen LogP contribution is 2.39. The second-order valence-corrected chi connectivity index (χ2v) is 4.89. The molecule has 0 aliphatic heterocycles. The fourth-order valence-corrected chi connectivity index (χ4v) is 2.59. The number of nitrogens with zero attached hydrogens (tertiary/aromatic N) is 2. The summed E-state index contributed by atoms with van der Waals surface area (Å²) in [5.41, 5.74) is 7.28. The summed E-state index contributed by atoms with van der Waals surface area (Å²) in [5.74, 6) is 0.